The van der Waals surface area contributed by atoms with Crippen molar-refractivity contribution in [3.63, 3.8) is 0 Å². The molecule has 2 heterocycles. The van der Waals surface area contributed by atoms with Crippen molar-refractivity contribution in [3.8, 4) is 0 Å². The largest absolute Gasteiger partial charge is 0.343 e. The van der Waals surface area contributed by atoms with Crippen molar-refractivity contribution in [2.45, 2.75) is 38.1 Å². The van der Waals surface area contributed by atoms with Crippen LogP contribution in [0.4, 0.5) is 0 Å². The summed E-state index contributed by atoms with van der Waals surface area (Å²) in [6, 6.07) is -0.0462. The molecule has 1 unspecified atom stereocenters. The number of likely N-dealkylation sites (N-methyl/N-ethyl adjacent to an activating group) is 1. The van der Waals surface area contributed by atoms with Gasteiger partial charge in [0.25, 0.3) is 0 Å². The third kappa shape index (κ3) is 3.02. The SMILES string of the molecule is CNC1CCN(CCC(=O)N2CCCCC2)C1=O. The maximum absolute atomic E-state index is 12.0. The van der Waals surface area contributed by atoms with Gasteiger partial charge < -0.3 is 15.1 Å². The second-order valence-corrected chi connectivity index (χ2v) is 5.15. The van der Waals surface area contributed by atoms with Gasteiger partial charge in [0.15, 0.2) is 0 Å². The van der Waals surface area contributed by atoms with Crippen molar-refractivity contribution in [2.24, 2.45) is 0 Å². The number of piperidine rings is 1. The van der Waals surface area contributed by atoms with Crippen LogP contribution in [0, 0.1) is 0 Å². The molecule has 0 aromatic rings. The van der Waals surface area contributed by atoms with E-state index in [0.29, 0.717) is 13.0 Å². The van der Waals surface area contributed by atoms with E-state index in [2.05, 4.69) is 5.32 Å². The third-order valence-electron chi connectivity index (χ3n) is 3.95. The highest BCUT2D eigenvalue weighted by molar-refractivity contribution is 5.84. The highest BCUT2D eigenvalue weighted by Crippen LogP contribution is 2.13. The minimum absolute atomic E-state index is 0.0462. The van der Waals surface area contributed by atoms with Crippen LogP contribution in [0.3, 0.4) is 0 Å². The number of likely N-dealkylation sites (tertiary alicyclic amines) is 2. The zero-order chi connectivity index (χ0) is 13.0. The molecule has 2 aliphatic rings. The summed E-state index contributed by atoms with van der Waals surface area (Å²) in [7, 11) is 1.81. The zero-order valence-corrected chi connectivity index (χ0v) is 11.2. The summed E-state index contributed by atoms with van der Waals surface area (Å²) in [5.41, 5.74) is 0. The Labute approximate surface area is 108 Å². The number of hydrogen-bond acceptors (Lipinski definition) is 3. The average Bonchev–Trinajstić information content (AvgIpc) is 2.77. The van der Waals surface area contributed by atoms with Crippen LogP contribution in [0.1, 0.15) is 32.1 Å². The fourth-order valence-corrected chi connectivity index (χ4v) is 2.76. The fraction of sp³-hybridized carbons (Fsp3) is 0.846. The van der Waals surface area contributed by atoms with E-state index < -0.39 is 0 Å². The van der Waals surface area contributed by atoms with Crippen molar-refractivity contribution in [1.82, 2.24) is 15.1 Å². The van der Waals surface area contributed by atoms with Gasteiger partial charge >= 0.3 is 0 Å². The second-order valence-electron chi connectivity index (χ2n) is 5.15. The zero-order valence-electron chi connectivity index (χ0n) is 11.2. The number of nitrogens with zero attached hydrogens (tertiary/aromatic N) is 2. The van der Waals surface area contributed by atoms with Crippen molar-refractivity contribution >= 4 is 11.8 Å². The molecule has 0 saturated carbocycles. The van der Waals surface area contributed by atoms with Gasteiger partial charge in [0.05, 0.1) is 6.04 Å². The normalized spacial score (nSPS) is 24.7. The van der Waals surface area contributed by atoms with Gasteiger partial charge in [-0.1, -0.05) is 0 Å². The molecule has 0 bridgehead atoms. The first kappa shape index (κ1) is 13.3. The maximum Gasteiger partial charge on any atom is 0.239 e. The van der Waals surface area contributed by atoms with E-state index in [4.69, 9.17) is 0 Å². The lowest BCUT2D eigenvalue weighted by atomic mass is 10.1. The quantitative estimate of drug-likeness (QED) is 0.779. The van der Waals surface area contributed by atoms with E-state index in [1.54, 1.807) is 0 Å². The molecule has 5 nitrogen and oxygen atoms in total. The predicted molar refractivity (Wildman–Crippen MR) is 69.1 cm³/mol. The van der Waals surface area contributed by atoms with E-state index in [9.17, 15) is 9.59 Å². The Kier molecular flexibility index (Phi) is 4.58. The Bertz CT molecular complexity index is 313. The molecule has 2 fully saturated rings. The number of amides is 2. The highest BCUT2D eigenvalue weighted by Gasteiger charge is 2.30. The Balaban J connectivity index is 1.74. The average molecular weight is 253 g/mol. The van der Waals surface area contributed by atoms with Crippen LogP contribution in [-0.2, 0) is 9.59 Å². The van der Waals surface area contributed by atoms with Gasteiger partial charge in [-0.2, -0.15) is 0 Å². The van der Waals surface area contributed by atoms with Gasteiger partial charge in [-0.15, -0.1) is 0 Å². The summed E-state index contributed by atoms with van der Waals surface area (Å²) in [6.07, 6.45) is 4.81. The van der Waals surface area contributed by atoms with Crippen molar-refractivity contribution in [3.05, 3.63) is 0 Å². The summed E-state index contributed by atoms with van der Waals surface area (Å²) in [4.78, 5) is 27.6. The minimum atomic E-state index is -0.0462. The number of hydrogen-bond donors (Lipinski definition) is 1. The topological polar surface area (TPSA) is 52.7 Å². The van der Waals surface area contributed by atoms with E-state index in [1.807, 2.05) is 16.8 Å². The summed E-state index contributed by atoms with van der Waals surface area (Å²) in [5.74, 6) is 0.347. The van der Waals surface area contributed by atoms with Gasteiger partial charge in [-0.25, -0.2) is 0 Å². The molecule has 0 aromatic heterocycles. The molecular weight excluding hydrogens is 230 g/mol. The molecule has 0 radical (unpaired) electrons. The van der Waals surface area contributed by atoms with Gasteiger partial charge in [0.1, 0.15) is 0 Å². The van der Waals surface area contributed by atoms with E-state index in [-0.39, 0.29) is 17.9 Å². The maximum atomic E-state index is 12.0. The van der Waals surface area contributed by atoms with Gasteiger partial charge in [-0.05, 0) is 32.7 Å². The van der Waals surface area contributed by atoms with Gasteiger partial charge in [0.2, 0.25) is 11.8 Å². The van der Waals surface area contributed by atoms with Crippen molar-refractivity contribution < 1.29 is 9.59 Å². The molecule has 2 aliphatic heterocycles. The molecule has 1 atom stereocenters. The smallest absolute Gasteiger partial charge is 0.239 e. The molecule has 5 heteroatoms. The number of rotatable bonds is 4. The molecular formula is C13H23N3O2. The van der Waals surface area contributed by atoms with Crippen LogP contribution in [0.15, 0.2) is 0 Å². The third-order valence-corrected chi connectivity index (χ3v) is 3.95. The standard InChI is InChI=1S/C13H23N3O2/c1-14-11-5-9-16(13(11)18)10-6-12(17)15-7-3-2-4-8-15/h11,14H,2-10H2,1H3. The van der Waals surface area contributed by atoms with Crippen LogP contribution < -0.4 is 5.32 Å². The number of carbonyl (C=O) groups excluding carboxylic acids is 2. The van der Waals surface area contributed by atoms with E-state index in [0.717, 1.165) is 38.9 Å². The molecule has 0 aromatic carbocycles. The second kappa shape index (κ2) is 6.18. The molecule has 2 saturated heterocycles. The lowest BCUT2D eigenvalue weighted by Gasteiger charge is -2.27. The Morgan fingerprint density at radius 2 is 2.00 bits per heavy atom. The summed E-state index contributed by atoms with van der Waals surface area (Å²) >= 11 is 0. The summed E-state index contributed by atoms with van der Waals surface area (Å²) < 4.78 is 0. The first-order chi connectivity index (χ1) is 8.72. The number of carbonyl (C=O) groups is 2. The van der Waals surface area contributed by atoms with Crippen LogP contribution in [-0.4, -0.2) is 60.9 Å². The summed E-state index contributed by atoms with van der Waals surface area (Å²) in [6.45, 7) is 3.14. The van der Waals surface area contributed by atoms with Gasteiger partial charge in [-0.3, -0.25) is 9.59 Å². The van der Waals surface area contributed by atoms with Crippen molar-refractivity contribution in [1.29, 1.82) is 0 Å². The van der Waals surface area contributed by atoms with Gasteiger partial charge in [0, 0.05) is 32.6 Å². The van der Waals surface area contributed by atoms with E-state index >= 15 is 0 Å². The lowest BCUT2D eigenvalue weighted by molar-refractivity contribution is -0.134. The molecule has 2 rings (SSSR count). The predicted octanol–water partition coefficient (Wildman–Crippen LogP) is 0.209. The van der Waals surface area contributed by atoms with Crippen LogP contribution in [0.2, 0.25) is 0 Å². The Morgan fingerprint density at radius 3 is 2.61 bits per heavy atom. The van der Waals surface area contributed by atoms with Crippen LogP contribution in [0.25, 0.3) is 0 Å². The molecule has 0 aliphatic carbocycles. The first-order valence-electron chi connectivity index (χ1n) is 6.96. The molecule has 2 amide bonds. The van der Waals surface area contributed by atoms with E-state index in [1.165, 1.54) is 6.42 Å². The Morgan fingerprint density at radius 1 is 1.28 bits per heavy atom. The molecule has 0 spiro atoms. The Hall–Kier alpha value is -1.10. The number of nitrogens with one attached hydrogen (secondary N) is 1. The molecule has 102 valence electrons. The van der Waals surface area contributed by atoms with Crippen LogP contribution >= 0.6 is 0 Å². The van der Waals surface area contributed by atoms with Crippen LogP contribution in [0.5, 0.6) is 0 Å². The fourth-order valence-electron chi connectivity index (χ4n) is 2.76. The first-order valence-corrected chi connectivity index (χ1v) is 6.96. The molecule has 18 heavy (non-hydrogen) atoms. The monoisotopic (exact) mass is 253 g/mol. The summed E-state index contributed by atoms with van der Waals surface area (Å²) in [5, 5.41) is 3.01. The lowest BCUT2D eigenvalue weighted by Crippen LogP contribution is -2.40. The highest BCUT2D eigenvalue weighted by atomic mass is 16.2. The van der Waals surface area contributed by atoms with Crippen molar-refractivity contribution in [2.75, 3.05) is 33.2 Å². The molecule has 1 N–H and O–H groups in total. The minimum Gasteiger partial charge on any atom is -0.343 e.